The maximum absolute atomic E-state index is 13.9. The Kier molecular flexibility index (Phi) is 3.56. The third-order valence-electron chi connectivity index (χ3n) is 5.75. The third-order valence-corrected chi connectivity index (χ3v) is 5.75. The van der Waals surface area contributed by atoms with E-state index in [1.807, 2.05) is 6.07 Å². The Hall–Kier alpha value is -2.67. The summed E-state index contributed by atoms with van der Waals surface area (Å²) >= 11 is 0. The Balaban J connectivity index is 1.84. The zero-order valence-electron chi connectivity index (χ0n) is 15.0. The molecule has 3 aromatic carbocycles. The first-order valence-corrected chi connectivity index (χ1v) is 9.42. The van der Waals surface area contributed by atoms with E-state index in [4.69, 9.17) is 0 Å². The van der Waals surface area contributed by atoms with Crippen LogP contribution in [0.25, 0.3) is 27.5 Å². The van der Waals surface area contributed by atoms with Crippen LogP contribution in [0.3, 0.4) is 0 Å². The van der Waals surface area contributed by atoms with E-state index in [0.717, 1.165) is 30.4 Å². The number of halogens is 1. The molecule has 0 spiro atoms. The smallest absolute Gasteiger partial charge is 0.123 e. The normalized spacial score (nSPS) is 15.9. The number of fused-ring (bicyclic) bond motifs is 4. The van der Waals surface area contributed by atoms with Gasteiger partial charge in [-0.25, -0.2) is 4.39 Å². The van der Waals surface area contributed by atoms with Crippen LogP contribution in [0.4, 0.5) is 4.39 Å². The molecule has 0 N–H and O–H groups in total. The lowest BCUT2D eigenvalue weighted by Gasteiger charge is -2.26. The Labute approximate surface area is 153 Å². The quantitative estimate of drug-likeness (QED) is 0.447. The summed E-state index contributed by atoms with van der Waals surface area (Å²) in [4.78, 5) is 0. The highest BCUT2D eigenvalue weighted by molar-refractivity contribution is 6.03. The van der Waals surface area contributed by atoms with Gasteiger partial charge < -0.3 is 0 Å². The summed E-state index contributed by atoms with van der Waals surface area (Å²) in [5.74, 6) is -0.179. The van der Waals surface area contributed by atoms with Crippen molar-refractivity contribution >= 4 is 16.3 Å². The molecule has 0 heterocycles. The molecule has 5 rings (SSSR count). The second kappa shape index (κ2) is 5.95. The fourth-order valence-electron chi connectivity index (χ4n) is 4.61. The Morgan fingerprint density at radius 1 is 0.885 bits per heavy atom. The first kappa shape index (κ1) is 15.6. The summed E-state index contributed by atoms with van der Waals surface area (Å²) in [5.41, 5.74) is 9.14. The summed E-state index contributed by atoms with van der Waals surface area (Å²) in [6.07, 6.45) is 9.16. The molecule has 0 radical (unpaired) electrons. The van der Waals surface area contributed by atoms with Crippen molar-refractivity contribution in [2.24, 2.45) is 0 Å². The summed E-state index contributed by atoms with van der Waals surface area (Å²) in [6, 6.07) is 16.0. The van der Waals surface area contributed by atoms with Crippen molar-refractivity contribution in [3.63, 3.8) is 0 Å². The molecule has 1 heteroatoms. The summed E-state index contributed by atoms with van der Waals surface area (Å²) in [5, 5.41) is 2.55. The summed E-state index contributed by atoms with van der Waals surface area (Å²) < 4.78 is 13.9. The van der Waals surface area contributed by atoms with Crippen LogP contribution in [-0.2, 0) is 6.42 Å². The van der Waals surface area contributed by atoms with Gasteiger partial charge in [0, 0.05) is 0 Å². The molecule has 26 heavy (non-hydrogen) atoms. The lowest BCUT2D eigenvalue weighted by molar-refractivity contribution is 0.628. The van der Waals surface area contributed by atoms with Crippen molar-refractivity contribution in [2.75, 3.05) is 0 Å². The monoisotopic (exact) mass is 340 g/mol. The van der Waals surface area contributed by atoms with Crippen LogP contribution in [0, 0.1) is 12.7 Å². The van der Waals surface area contributed by atoms with E-state index in [0.29, 0.717) is 0 Å². The van der Waals surface area contributed by atoms with E-state index < -0.39 is 0 Å². The average Bonchev–Trinajstić information content (AvgIpc) is 2.66. The predicted molar refractivity (Wildman–Crippen MR) is 108 cm³/mol. The molecule has 2 aliphatic carbocycles. The molecule has 0 nitrogen and oxygen atoms in total. The van der Waals surface area contributed by atoms with Crippen LogP contribution in [0.15, 0.2) is 66.3 Å². The van der Waals surface area contributed by atoms with Crippen molar-refractivity contribution in [3.05, 3.63) is 88.8 Å². The van der Waals surface area contributed by atoms with Crippen molar-refractivity contribution < 1.29 is 4.39 Å². The first-order chi connectivity index (χ1) is 12.7. The Morgan fingerprint density at radius 2 is 1.81 bits per heavy atom. The minimum absolute atomic E-state index is 0.179. The van der Waals surface area contributed by atoms with E-state index in [9.17, 15) is 4.39 Å². The Bertz CT molecular complexity index is 1100. The maximum atomic E-state index is 13.9. The second-order valence-corrected chi connectivity index (χ2v) is 7.47. The highest BCUT2D eigenvalue weighted by atomic mass is 19.1. The molecule has 0 aliphatic heterocycles. The second-order valence-electron chi connectivity index (χ2n) is 7.47. The van der Waals surface area contributed by atoms with Crippen molar-refractivity contribution in [1.82, 2.24) is 0 Å². The number of benzene rings is 3. The minimum atomic E-state index is -0.179. The van der Waals surface area contributed by atoms with E-state index in [1.54, 1.807) is 17.7 Å². The van der Waals surface area contributed by atoms with Crippen LogP contribution < -0.4 is 0 Å². The summed E-state index contributed by atoms with van der Waals surface area (Å²) in [6.45, 7) is 2.12. The van der Waals surface area contributed by atoms with E-state index in [2.05, 4.69) is 43.3 Å². The molecule has 0 fully saturated rings. The minimum Gasteiger partial charge on any atom is -0.207 e. The number of aryl methyl sites for hydroxylation is 2. The van der Waals surface area contributed by atoms with E-state index in [-0.39, 0.29) is 5.82 Å². The van der Waals surface area contributed by atoms with Gasteiger partial charge in [0.2, 0.25) is 0 Å². The van der Waals surface area contributed by atoms with Gasteiger partial charge in [0.25, 0.3) is 0 Å². The molecular weight excluding hydrogens is 319 g/mol. The topological polar surface area (TPSA) is 0 Å². The van der Waals surface area contributed by atoms with Gasteiger partial charge in [-0.3, -0.25) is 0 Å². The van der Waals surface area contributed by atoms with Crippen molar-refractivity contribution in [3.8, 4) is 11.1 Å². The maximum Gasteiger partial charge on any atom is 0.123 e. The fourth-order valence-corrected chi connectivity index (χ4v) is 4.61. The summed E-state index contributed by atoms with van der Waals surface area (Å²) in [7, 11) is 0. The zero-order chi connectivity index (χ0) is 17.7. The lowest BCUT2D eigenvalue weighted by atomic mass is 9.78. The van der Waals surface area contributed by atoms with Crippen LogP contribution >= 0.6 is 0 Å². The van der Waals surface area contributed by atoms with E-state index in [1.165, 1.54) is 45.5 Å². The van der Waals surface area contributed by atoms with Gasteiger partial charge >= 0.3 is 0 Å². The predicted octanol–water partition coefficient (Wildman–Crippen LogP) is 7.00. The van der Waals surface area contributed by atoms with Crippen LogP contribution in [0.2, 0.25) is 0 Å². The number of hydrogen-bond donors (Lipinski definition) is 0. The van der Waals surface area contributed by atoms with Gasteiger partial charge in [0.05, 0.1) is 0 Å². The van der Waals surface area contributed by atoms with Gasteiger partial charge in [-0.05, 0) is 88.9 Å². The van der Waals surface area contributed by atoms with Gasteiger partial charge in [-0.2, -0.15) is 0 Å². The SMILES string of the molecule is Cc1cc(-c2cccc(F)c2)c2c3c(ccc2c1)C1=C(CCC=C1)CC3. The fraction of sp³-hybridized carbons (Fsp3) is 0.200. The third kappa shape index (κ3) is 2.42. The van der Waals surface area contributed by atoms with Gasteiger partial charge in [0.1, 0.15) is 5.82 Å². The van der Waals surface area contributed by atoms with Crippen molar-refractivity contribution in [1.29, 1.82) is 0 Å². The molecular formula is C25H21F. The largest absolute Gasteiger partial charge is 0.207 e. The molecule has 0 saturated carbocycles. The molecule has 0 atom stereocenters. The van der Waals surface area contributed by atoms with Crippen LogP contribution in [0.1, 0.15) is 36.0 Å². The zero-order valence-corrected chi connectivity index (χ0v) is 15.0. The first-order valence-electron chi connectivity index (χ1n) is 9.42. The molecule has 0 unspecified atom stereocenters. The highest BCUT2D eigenvalue weighted by Gasteiger charge is 2.22. The molecule has 3 aromatic rings. The Morgan fingerprint density at radius 3 is 2.69 bits per heavy atom. The molecule has 2 aliphatic rings. The van der Waals surface area contributed by atoms with Gasteiger partial charge in [-0.1, -0.05) is 54.1 Å². The highest BCUT2D eigenvalue weighted by Crippen LogP contribution is 2.42. The molecule has 128 valence electrons. The van der Waals surface area contributed by atoms with Gasteiger partial charge in [-0.15, -0.1) is 0 Å². The van der Waals surface area contributed by atoms with E-state index >= 15 is 0 Å². The van der Waals surface area contributed by atoms with Crippen molar-refractivity contribution in [2.45, 2.75) is 32.6 Å². The van der Waals surface area contributed by atoms with Gasteiger partial charge in [0.15, 0.2) is 0 Å². The van der Waals surface area contributed by atoms with Crippen LogP contribution in [-0.4, -0.2) is 0 Å². The molecule has 0 bridgehead atoms. The lowest BCUT2D eigenvalue weighted by Crippen LogP contribution is -2.07. The molecule has 0 saturated heterocycles. The number of rotatable bonds is 1. The van der Waals surface area contributed by atoms with Crippen LogP contribution in [0.5, 0.6) is 0 Å². The molecule has 0 aromatic heterocycles. The number of allylic oxidation sites excluding steroid dienone is 4. The number of hydrogen-bond acceptors (Lipinski definition) is 0. The standard InChI is InChI=1S/C25H21F/c1-16-13-19-10-11-22-21-8-3-2-5-17(21)9-12-23(22)25(19)24(14-16)18-6-4-7-20(26)15-18/h3-4,6-8,10-11,13-15H,2,5,9,12H2,1H3. The molecule has 0 amide bonds. The average molecular weight is 340 g/mol.